The smallest absolute Gasteiger partial charge is 0.255 e. The van der Waals surface area contributed by atoms with Gasteiger partial charge < -0.3 is 10.0 Å². The summed E-state index contributed by atoms with van der Waals surface area (Å²) < 4.78 is 0. The van der Waals surface area contributed by atoms with Crippen molar-refractivity contribution in [2.24, 2.45) is 0 Å². The van der Waals surface area contributed by atoms with E-state index in [1.165, 1.54) is 11.3 Å². The fourth-order valence-electron chi connectivity index (χ4n) is 3.18. The normalized spacial score (nSPS) is 21.7. The molecule has 0 spiro atoms. The molecule has 2 aromatic rings. The number of likely N-dealkylation sites (tertiary alicyclic amines) is 1. The van der Waals surface area contributed by atoms with Gasteiger partial charge in [-0.2, -0.15) is 11.3 Å². The van der Waals surface area contributed by atoms with E-state index in [1.807, 2.05) is 39.9 Å². The predicted octanol–water partition coefficient (Wildman–Crippen LogP) is 2.96. The van der Waals surface area contributed by atoms with Gasteiger partial charge in [-0.05, 0) is 36.3 Å². The van der Waals surface area contributed by atoms with E-state index < -0.39 is 5.54 Å². The fourth-order valence-corrected chi connectivity index (χ4v) is 3.81. The third-order valence-electron chi connectivity index (χ3n) is 4.28. The minimum Gasteiger partial charge on any atom is -0.394 e. The molecule has 1 fully saturated rings. The summed E-state index contributed by atoms with van der Waals surface area (Å²) in [4.78, 5) is 14.6. The molecule has 3 rings (SSSR count). The topological polar surface area (TPSA) is 40.5 Å². The van der Waals surface area contributed by atoms with Gasteiger partial charge in [0.1, 0.15) is 0 Å². The van der Waals surface area contributed by atoms with Crippen LogP contribution in [0.2, 0.25) is 0 Å². The van der Waals surface area contributed by atoms with Gasteiger partial charge in [0.05, 0.1) is 17.7 Å². The first-order valence-electron chi connectivity index (χ1n) is 7.24. The molecule has 1 atom stereocenters. The number of nitrogens with zero attached hydrogens (tertiary/aromatic N) is 1. The average Bonchev–Trinajstić information content (AvgIpc) is 3.18. The largest absolute Gasteiger partial charge is 0.394 e. The first-order valence-corrected chi connectivity index (χ1v) is 8.18. The second kappa shape index (κ2) is 6.00. The number of hydrogen-bond acceptors (Lipinski definition) is 3. The van der Waals surface area contributed by atoms with E-state index >= 15 is 0 Å². The van der Waals surface area contributed by atoms with Gasteiger partial charge in [0.25, 0.3) is 5.91 Å². The second-order valence-corrected chi connectivity index (χ2v) is 6.40. The minimum atomic E-state index is -0.458. The Morgan fingerprint density at radius 2 is 2.10 bits per heavy atom. The van der Waals surface area contributed by atoms with Crippen molar-refractivity contribution in [2.75, 3.05) is 13.2 Å². The van der Waals surface area contributed by atoms with Crippen molar-refractivity contribution in [1.29, 1.82) is 0 Å². The molecule has 3 nitrogen and oxygen atoms in total. The Morgan fingerprint density at radius 3 is 2.76 bits per heavy atom. The van der Waals surface area contributed by atoms with Crippen LogP contribution in [0.5, 0.6) is 0 Å². The Labute approximate surface area is 128 Å². The maximum atomic E-state index is 12.7. The molecule has 2 heterocycles. The highest BCUT2D eigenvalue weighted by Crippen LogP contribution is 2.34. The lowest BCUT2D eigenvalue weighted by atomic mass is 9.88. The van der Waals surface area contributed by atoms with E-state index in [0.29, 0.717) is 6.42 Å². The molecule has 0 unspecified atom stereocenters. The lowest BCUT2D eigenvalue weighted by molar-refractivity contribution is 0.0413. The zero-order valence-electron chi connectivity index (χ0n) is 11.9. The number of carbonyl (C=O) groups excluding carboxylic acids is 1. The van der Waals surface area contributed by atoms with Crippen molar-refractivity contribution in [2.45, 2.75) is 24.8 Å². The lowest BCUT2D eigenvalue weighted by Gasteiger charge is -2.37. The zero-order chi connectivity index (χ0) is 14.7. The number of benzene rings is 1. The van der Waals surface area contributed by atoms with Crippen molar-refractivity contribution in [3.63, 3.8) is 0 Å². The van der Waals surface area contributed by atoms with Crippen molar-refractivity contribution >= 4 is 17.2 Å². The maximum absolute atomic E-state index is 12.7. The Bertz CT molecular complexity index is 597. The molecule has 21 heavy (non-hydrogen) atoms. The number of amides is 1. The minimum absolute atomic E-state index is 0.0117. The number of aliphatic hydroxyl groups excluding tert-OH is 1. The molecule has 4 heteroatoms. The highest BCUT2D eigenvalue weighted by Gasteiger charge is 2.43. The van der Waals surface area contributed by atoms with Gasteiger partial charge >= 0.3 is 0 Å². The summed E-state index contributed by atoms with van der Waals surface area (Å²) in [6.07, 6.45) is 2.51. The highest BCUT2D eigenvalue weighted by atomic mass is 32.1. The molecule has 1 amide bonds. The van der Waals surface area contributed by atoms with Gasteiger partial charge in [-0.25, -0.2) is 0 Å². The van der Waals surface area contributed by atoms with Gasteiger partial charge in [0.2, 0.25) is 0 Å². The van der Waals surface area contributed by atoms with Crippen LogP contribution in [0.15, 0.2) is 47.2 Å². The van der Waals surface area contributed by atoms with E-state index in [-0.39, 0.29) is 12.5 Å². The van der Waals surface area contributed by atoms with Crippen LogP contribution >= 0.6 is 11.3 Å². The van der Waals surface area contributed by atoms with Gasteiger partial charge in [0, 0.05) is 11.9 Å². The summed E-state index contributed by atoms with van der Waals surface area (Å²) in [5, 5.41) is 13.8. The molecule has 0 bridgehead atoms. The molecule has 0 aliphatic carbocycles. The standard InChI is InChI=1S/C17H19NO2S/c19-13-17(11-14-5-2-1-3-6-14)8-4-9-18(17)16(20)15-7-10-21-12-15/h1-3,5-7,10,12,19H,4,8-9,11,13H2/t17-/m1/s1. The van der Waals surface area contributed by atoms with Crippen LogP contribution in [-0.2, 0) is 6.42 Å². The third-order valence-corrected chi connectivity index (χ3v) is 4.96. The molecule has 1 aliphatic heterocycles. The quantitative estimate of drug-likeness (QED) is 0.943. The molecule has 0 radical (unpaired) electrons. The summed E-state index contributed by atoms with van der Waals surface area (Å²) >= 11 is 1.53. The Kier molecular flexibility index (Phi) is 4.08. The van der Waals surface area contributed by atoms with Gasteiger partial charge in [-0.3, -0.25) is 4.79 Å². The van der Waals surface area contributed by atoms with E-state index in [4.69, 9.17) is 0 Å². The van der Waals surface area contributed by atoms with E-state index in [1.54, 1.807) is 0 Å². The van der Waals surface area contributed by atoms with E-state index in [2.05, 4.69) is 12.1 Å². The molecule has 0 saturated carbocycles. The number of hydrogen-bond donors (Lipinski definition) is 1. The van der Waals surface area contributed by atoms with Crippen LogP contribution < -0.4 is 0 Å². The summed E-state index contributed by atoms with van der Waals surface area (Å²) in [7, 11) is 0. The monoisotopic (exact) mass is 301 g/mol. The Balaban J connectivity index is 1.87. The summed E-state index contributed by atoms with van der Waals surface area (Å²) in [5.41, 5.74) is 1.43. The second-order valence-electron chi connectivity index (χ2n) is 5.62. The summed E-state index contributed by atoms with van der Waals surface area (Å²) in [6, 6.07) is 12.0. The molecular formula is C17H19NO2S. The third kappa shape index (κ3) is 2.74. The summed E-state index contributed by atoms with van der Waals surface area (Å²) in [6.45, 7) is 0.736. The number of thiophene rings is 1. The molecule has 1 aromatic heterocycles. The zero-order valence-corrected chi connectivity index (χ0v) is 12.7. The molecule has 1 aliphatic rings. The number of rotatable bonds is 4. The number of carbonyl (C=O) groups is 1. The first kappa shape index (κ1) is 14.3. The van der Waals surface area contributed by atoms with Crippen LogP contribution in [0.1, 0.15) is 28.8 Å². The van der Waals surface area contributed by atoms with Crippen molar-refractivity contribution < 1.29 is 9.90 Å². The van der Waals surface area contributed by atoms with Gasteiger partial charge in [0.15, 0.2) is 0 Å². The molecular weight excluding hydrogens is 282 g/mol. The predicted molar refractivity (Wildman–Crippen MR) is 84.6 cm³/mol. The lowest BCUT2D eigenvalue weighted by Crippen LogP contribution is -2.51. The van der Waals surface area contributed by atoms with Crippen LogP contribution in [-0.4, -0.2) is 34.6 Å². The summed E-state index contributed by atoms with van der Waals surface area (Å²) in [5.74, 6) is 0.0405. The van der Waals surface area contributed by atoms with E-state index in [9.17, 15) is 9.90 Å². The molecule has 1 saturated heterocycles. The van der Waals surface area contributed by atoms with Crippen LogP contribution in [0.4, 0.5) is 0 Å². The van der Waals surface area contributed by atoms with Crippen LogP contribution in [0, 0.1) is 0 Å². The molecule has 1 N–H and O–H groups in total. The average molecular weight is 301 g/mol. The molecule has 110 valence electrons. The Hall–Kier alpha value is -1.65. The van der Waals surface area contributed by atoms with Gasteiger partial charge in [-0.15, -0.1) is 0 Å². The van der Waals surface area contributed by atoms with Crippen LogP contribution in [0.3, 0.4) is 0 Å². The molecule has 1 aromatic carbocycles. The van der Waals surface area contributed by atoms with Gasteiger partial charge in [-0.1, -0.05) is 30.3 Å². The van der Waals surface area contributed by atoms with Crippen molar-refractivity contribution in [3.05, 3.63) is 58.3 Å². The SMILES string of the molecule is O=C(c1ccsc1)N1CCC[C@]1(CO)Cc1ccccc1. The van der Waals surface area contributed by atoms with E-state index in [0.717, 1.165) is 30.5 Å². The number of aliphatic hydroxyl groups is 1. The Morgan fingerprint density at radius 1 is 1.29 bits per heavy atom. The van der Waals surface area contributed by atoms with Crippen LogP contribution in [0.25, 0.3) is 0 Å². The maximum Gasteiger partial charge on any atom is 0.255 e. The van der Waals surface area contributed by atoms with Crippen molar-refractivity contribution in [1.82, 2.24) is 4.90 Å². The fraction of sp³-hybridized carbons (Fsp3) is 0.353. The first-order chi connectivity index (χ1) is 10.2. The van der Waals surface area contributed by atoms with Crippen molar-refractivity contribution in [3.8, 4) is 0 Å². The highest BCUT2D eigenvalue weighted by molar-refractivity contribution is 7.08.